The first-order valence-corrected chi connectivity index (χ1v) is 10.5. The van der Waals surface area contributed by atoms with Gasteiger partial charge in [-0.3, -0.25) is 4.79 Å². The fourth-order valence-electron chi connectivity index (χ4n) is 3.08. The number of carbonyl (C=O) groups excluding carboxylic acids is 1. The molecule has 140 valence electrons. The number of hydrogen-bond acceptors (Lipinski definition) is 5. The molecule has 8 heteroatoms. The largest absolute Gasteiger partial charge is 0.441 e. The third kappa shape index (κ3) is 5.15. The van der Waals surface area contributed by atoms with E-state index in [1.165, 1.54) is 0 Å². The summed E-state index contributed by atoms with van der Waals surface area (Å²) in [5, 5.41) is 0. The molecule has 1 saturated heterocycles. The molecule has 1 aromatic heterocycles. The Morgan fingerprint density at radius 3 is 2.62 bits per heavy atom. The number of amides is 1. The topological polar surface area (TPSA) is 92.5 Å². The summed E-state index contributed by atoms with van der Waals surface area (Å²) in [6.45, 7) is 1.12. The zero-order valence-corrected chi connectivity index (χ0v) is 15.5. The highest BCUT2D eigenvalue weighted by molar-refractivity contribution is 7.88. The predicted octanol–water partition coefficient (Wildman–Crippen LogP) is 1.81. The van der Waals surface area contributed by atoms with Crippen LogP contribution < -0.4 is 4.72 Å². The number of piperidine rings is 1. The van der Waals surface area contributed by atoms with E-state index in [-0.39, 0.29) is 11.9 Å². The Balaban J connectivity index is 1.47. The summed E-state index contributed by atoms with van der Waals surface area (Å²) < 4.78 is 30.9. The van der Waals surface area contributed by atoms with Gasteiger partial charge in [0.25, 0.3) is 0 Å². The molecular formula is C18H23N3O4S. The molecule has 1 aromatic carbocycles. The highest BCUT2D eigenvalue weighted by atomic mass is 32.2. The molecular weight excluding hydrogens is 354 g/mol. The number of nitrogens with zero attached hydrogens (tertiary/aromatic N) is 2. The summed E-state index contributed by atoms with van der Waals surface area (Å²) in [7, 11) is -3.20. The molecule has 0 saturated carbocycles. The number of oxazole rings is 1. The van der Waals surface area contributed by atoms with Gasteiger partial charge < -0.3 is 9.32 Å². The predicted molar refractivity (Wildman–Crippen MR) is 97.8 cm³/mol. The fourth-order valence-corrected chi connectivity index (χ4v) is 3.92. The Labute approximate surface area is 153 Å². The summed E-state index contributed by atoms with van der Waals surface area (Å²) in [5.74, 6) is 1.29. The molecule has 2 aromatic rings. The lowest BCUT2D eigenvalue weighted by atomic mass is 10.1. The molecule has 2 heterocycles. The third-order valence-corrected chi connectivity index (χ3v) is 5.15. The van der Waals surface area contributed by atoms with Crippen LogP contribution in [0.4, 0.5) is 0 Å². The number of aryl methyl sites for hydroxylation is 1. The summed E-state index contributed by atoms with van der Waals surface area (Å²) in [6.07, 6.45) is 4.89. The van der Waals surface area contributed by atoms with E-state index in [1.54, 1.807) is 11.1 Å². The fraction of sp³-hybridized carbons (Fsp3) is 0.444. The van der Waals surface area contributed by atoms with Crippen LogP contribution >= 0.6 is 0 Å². The number of sulfonamides is 1. The number of likely N-dealkylation sites (tertiary alicyclic amines) is 1. The maximum atomic E-state index is 12.4. The summed E-state index contributed by atoms with van der Waals surface area (Å²) in [6, 6.07) is 9.61. The smallest absolute Gasteiger partial charge is 0.223 e. The van der Waals surface area contributed by atoms with E-state index in [0.29, 0.717) is 50.4 Å². The second kappa shape index (κ2) is 8.01. The molecule has 1 aliphatic rings. The number of hydrogen-bond donors (Lipinski definition) is 1. The van der Waals surface area contributed by atoms with Crippen LogP contribution in [0.3, 0.4) is 0 Å². The average molecular weight is 377 g/mol. The average Bonchev–Trinajstić information content (AvgIpc) is 3.09. The molecule has 26 heavy (non-hydrogen) atoms. The van der Waals surface area contributed by atoms with Crippen molar-refractivity contribution in [2.75, 3.05) is 19.3 Å². The van der Waals surface area contributed by atoms with Crippen LogP contribution in [0.2, 0.25) is 0 Å². The van der Waals surface area contributed by atoms with Crippen molar-refractivity contribution in [2.24, 2.45) is 0 Å². The molecule has 0 radical (unpaired) electrons. The maximum absolute atomic E-state index is 12.4. The summed E-state index contributed by atoms with van der Waals surface area (Å²) in [4.78, 5) is 18.4. The molecule has 1 fully saturated rings. The van der Waals surface area contributed by atoms with Crippen molar-refractivity contribution in [3.8, 4) is 11.3 Å². The quantitative estimate of drug-likeness (QED) is 0.829. The molecule has 7 nitrogen and oxygen atoms in total. The first-order valence-electron chi connectivity index (χ1n) is 8.66. The molecule has 3 rings (SSSR count). The number of aromatic nitrogens is 1. The number of benzene rings is 1. The summed E-state index contributed by atoms with van der Waals surface area (Å²) >= 11 is 0. The molecule has 1 aliphatic heterocycles. The zero-order chi connectivity index (χ0) is 18.6. The van der Waals surface area contributed by atoms with Crippen LogP contribution in [0.15, 0.2) is 40.9 Å². The Morgan fingerprint density at radius 1 is 1.27 bits per heavy atom. The normalized spacial score (nSPS) is 16.0. The number of carbonyl (C=O) groups is 1. The molecule has 0 bridgehead atoms. The van der Waals surface area contributed by atoms with Crippen molar-refractivity contribution in [2.45, 2.75) is 31.7 Å². The first-order chi connectivity index (χ1) is 12.4. The van der Waals surface area contributed by atoms with Gasteiger partial charge in [0.2, 0.25) is 15.9 Å². The molecule has 0 atom stereocenters. The van der Waals surface area contributed by atoms with Gasteiger partial charge >= 0.3 is 0 Å². The molecule has 0 spiro atoms. The van der Waals surface area contributed by atoms with Gasteiger partial charge in [0.1, 0.15) is 0 Å². The first kappa shape index (κ1) is 18.6. The zero-order valence-electron chi connectivity index (χ0n) is 14.7. The van der Waals surface area contributed by atoms with Crippen molar-refractivity contribution in [3.05, 3.63) is 42.4 Å². The maximum Gasteiger partial charge on any atom is 0.223 e. The van der Waals surface area contributed by atoms with Gasteiger partial charge in [0.15, 0.2) is 11.7 Å². The SMILES string of the molecule is CS(=O)(=O)NC1CCN(C(=O)CCc2ncc(-c3ccccc3)o2)CC1. The van der Waals surface area contributed by atoms with Gasteiger partial charge in [0.05, 0.1) is 12.5 Å². The van der Waals surface area contributed by atoms with Crippen LogP contribution in [-0.2, 0) is 21.2 Å². The standard InChI is InChI=1S/C18H23N3O4S/c1-26(23,24)20-15-9-11-21(12-10-15)18(22)8-7-17-19-13-16(25-17)14-5-3-2-4-6-14/h2-6,13,15,20H,7-12H2,1H3. The minimum absolute atomic E-state index is 0.0438. The number of nitrogens with one attached hydrogen (secondary N) is 1. The van der Waals surface area contributed by atoms with E-state index in [9.17, 15) is 13.2 Å². The van der Waals surface area contributed by atoms with Gasteiger partial charge in [0, 0.05) is 37.5 Å². The van der Waals surface area contributed by atoms with Crippen LogP contribution in [-0.4, -0.2) is 49.6 Å². The van der Waals surface area contributed by atoms with Gasteiger partial charge in [-0.2, -0.15) is 0 Å². The lowest BCUT2D eigenvalue weighted by Gasteiger charge is -2.32. The Bertz CT molecular complexity index is 840. The van der Waals surface area contributed by atoms with Crippen LogP contribution in [0.25, 0.3) is 11.3 Å². The van der Waals surface area contributed by atoms with Gasteiger partial charge in [-0.1, -0.05) is 30.3 Å². The van der Waals surface area contributed by atoms with E-state index in [0.717, 1.165) is 11.8 Å². The number of rotatable bonds is 6. The molecule has 1 N–H and O–H groups in total. The van der Waals surface area contributed by atoms with Crippen LogP contribution in [0.5, 0.6) is 0 Å². The highest BCUT2D eigenvalue weighted by Gasteiger charge is 2.24. The van der Waals surface area contributed by atoms with Crippen molar-refractivity contribution in [3.63, 3.8) is 0 Å². The van der Waals surface area contributed by atoms with Crippen LogP contribution in [0, 0.1) is 0 Å². The lowest BCUT2D eigenvalue weighted by Crippen LogP contribution is -2.46. The van der Waals surface area contributed by atoms with Crippen molar-refractivity contribution >= 4 is 15.9 Å². The molecule has 1 amide bonds. The monoisotopic (exact) mass is 377 g/mol. The minimum atomic E-state index is -3.20. The Morgan fingerprint density at radius 2 is 1.96 bits per heavy atom. The van der Waals surface area contributed by atoms with E-state index < -0.39 is 10.0 Å². The van der Waals surface area contributed by atoms with E-state index in [4.69, 9.17) is 4.42 Å². The second-order valence-electron chi connectivity index (χ2n) is 6.53. The van der Waals surface area contributed by atoms with Gasteiger partial charge in [-0.15, -0.1) is 0 Å². The van der Waals surface area contributed by atoms with E-state index in [1.807, 2.05) is 30.3 Å². The lowest BCUT2D eigenvalue weighted by molar-refractivity contribution is -0.132. The van der Waals surface area contributed by atoms with Gasteiger partial charge in [-0.05, 0) is 12.8 Å². The van der Waals surface area contributed by atoms with E-state index >= 15 is 0 Å². The third-order valence-electron chi connectivity index (χ3n) is 4.39. The molecule has 0 aliphatic carbocycles. The highest BCUT2D eigenvalue weighted by Crippen LogP contribution is 2.20. The minimum Gasteiger partial charge on any atom is -0.441 e. The Hall–Kier alpha value is -2.19. The molecule has 0 unspecified atom stereocenters. The van der Waals surface area contributed by atoms with Crippen molar-refractivity contribution in [1.29, 1.82) is 0 Å². The van der Waals surface area contributed by atoms with Gasteiger partial charge in [-0.25, -0.2) is 18.1 Å². The van der Waals surface area contributed by atoms with Crippen molar-refractivity contribution in [1.82, 2.24) is 14.6 Å². The van der Waals surface area contributed by atoms with E-state index in [2.05, 4.69) is 9.71 Å². The van der Waals surface area contributed by atoms with Crippen LogP contribution in [0.1, 0.15) is 25.2 Å². The summed E-state index contributed by atoms with van der Waals surface area (Å²) in [5.41, 5.74) is 0.957. The second-order valence-corrected chi connectivity index (χ2v) is 8.31. The Kier molecular flexibility index (Phi) is 5.73. The van der Waals surface area contributed by atoms with Crippen molar-refractivity contribution < 1.29 is 17.6 Å².